The molecule has 0 atom stereocenters. The number of aromatic nitrogens is 1. The van der Waals surface area contributed by atoms with Crippen molar-refractivity contribution in [1.29, 1.82) is 0 Å². The number of pyridine rings is 1. The number of benzene rings is 1. The lowest BCUT2D eigenvalue weighted by Crippen LogP contribution is -2.33. The first-order valence-corrected chi connectivity index (χ1v) is 7.78. The summed E-state index contributed by atoms with van der Waals surface area (Å²) in [7, 11) is 1.74. The number of carbonyl (C=O) groups is 2. The van der Waals surface area contributed by atoms with Gasteiger partial charge in [-0.1, -0.05) is 0 Å². The second-order valence-electron chi connectivity index (χ2n) is 5.25. The van der Waals surface area contributed by atoms with Gasteiger partial charge >= 0.3 is 12.0 Å². The van der Waals surface area contributed by atoms with E-state index in [1.165, 1.54) is 0 Å². The van der Waals surface area contributed by atoms with Crippen LogP contribution in [0, 0.1) is 0 Å². The van der Waals surface area contributed by atoms with E-state index in [0.717, 1.165) is 12.0 Å². The van der Waals surface area contributed by atoms with Gasteiger partial charge in [-0.15, -0.1) is 0 Å². The van der Waals surface area contributed by atoms with Gasteiger partial charge < -0.3 is 15.0 Å². The van der Waals surface area contributed by atoms with E-state index in [0.29, 0.717) is 24.4 Å². The van der Waals surface area contributed by atoms with Crippen molar-refractivity contribution in [2.24, 2.45) is 0 Å². The Hall–Kier alpha value is -2.89. The predicted octanol–water partition coefficient (Wildman–Crippen LogP) is 2.96. The van der Waals surface area contributed by atoms with Crippen molar-refractivity contribution >= 4 is 17.7 Å². The Morgan fingerprint density at radius 2 is 1.79 bits per heavy atom. The number of rotatable bonds is 6. The molecular weight excluding hydrogens is 306 g/mol. The van der Waals surface area contributed by atoms with Gasteiger partial charge in [0.15, 0.2) is 0 Å². The third kappa shape index (κ3) is 5.08. The van der Waals surface area contributed by atoms with Crippen LogP contribution >= 0.6 is 0 Å². The summed E-state index contributed by atoms with van der Waals surface area (Å²) in [5.41, 5.74) is 2.22. The number of likely N-dealkylation sites (N-methyl/N-ethyl adjacent to an activating group) is 1. The minimum atomic E-state index is -0.371. The number of hydrogen-bond acceptors (Lipinski definition) is 4. The fraction of sp³-hybridized carbons (Fsp3) is 0.278. The molecule has 0 bridgehead atoms. The quantitative estimate of drug-likeness (QED) is 0.828. The highest BCUT2D eigenvalue weighted by molar-refractivity contribution is 5.92. The van der Waals surface area contributed by atoms with E-state index in [2.05, 4.69) is 10.3 Å². The molecule has 0 spiro atoms. The van der Waals surface area contributed by atoms with Crippen LogP contribution in [0.2, 0.25) is 0 Å². The van der Waals surface area contributed by atoms with Crippen LogP contribution in [0.4, 0.5) is 10.5 Å². The Morgan fingerprint density at radius 3 is 2.42 bits per heavy atom. The first kappa shape index (κ1) is 17.5. The molecular formula is C18H21N3O3. The number of urea groups is 1. The van der Waals surface area contributed by atoms with Gasteiger partial charge in [-0.25, -0.2) is 9.59 Å². The lowest BCUT2D eigenvalue weighted by Gasteiger charge is -2.18. The maximum atomic E-state index is 12.2. The van der Waals surface area contributed by atoms with Crippen LogP contribution in [0.15, 0.2) is 48.8 Å². The molecule has 24 heavy (non-hydrogen) atoms. The largest absolute Gasteiger partial charge is 0.462 e. The van der Waals surface area contributed by atoms with Crippen LogP contribution in [0.1, 0.15) is 22.8 Å². The highest BCUT2D eigenvalue weighted by atomic mass is 16.5. The van der Waals surface area contributed by atoms with Gasteiger partial charge in [-0.3, -0.25) is 4.98 Å². The highest BCUT2D eigenvalue weighted by Gasteiger charge is 2.10. The van der Waals surface area contributed by atoms with E-state index in [-0.39, 0.29) is 12.0 Å². The Balaban J connectivity index is 1.85. The number of esters is 1. The molecule has 0 radical (unpaired) electrons. The molecule has 0 saturated carbocycles. The first-order valence-electron chi connectivity index (χ1n) is 7.78. The second-order valence-corrected chi connectivity index (χ2v) is 5.25. The number of anilines is 1. The predicted molar refractivity (Wildman–Crippen MR) is 92.0 cm³/mol. The number of nitrogens with one attached hydrogen (secondary N) is 1. The summed E-state index contributed by atoms with van der Waals surface area (Å²) in [6.07, 6.45) is 4.23. The molecule has 1 aromatic carbocycles. The van der Waals surface area contributed by atoms with Crippen molar-refractivity contribution in [3.05, 3.63) is 59.9 Å². The zero-order valence-electron chi connectivity index (χ0n) is 13.9. The van der Waals surface area contributed by atoms with Gasteiger partial charge in [-0.2, -0.15) is 0 Å². The van der Waals surface area contributed by atoms with E-state index in [4.69, 9.17) is 4.74 Å². The maximum absolute atomic E-state index is 12.2. The van der Waals surface area contributed by atoms with Crippen molar-refractivity contribution in [2.75, 3.05) is 25.5 Å². The molecule has 2 aromatic rings. The fourth-order valence-corrected chi connectivity index (χ4v) is 2.07. The van der Waals surface area contributed by atoms with E-state index >= 15 is 0 Å². The summed E-state index contributed by atoms with van der Waals surface area (Å²) in [6, 6.07) is 10.3. The smallest absolute Gasteiger partial charge is 0.338 e. The summed E-state index contributed by atoms with van der Waals surface area (Å²) < 4.78 is 4.92. The third-order valence-electron chi connectivity index (χ3n) is 3.48. The van der Waals surface area contributed by atoms with Gasteiger partial charge in [0.1, 0.15) is 0 Å². The molecule has 6 heteroatoms. The van der Waals surface area contributed by atoms with Gasteiger partial charge in [0.05, 0.1) is 12.2 Å². The summed E-state index contributed by atoms with van der Waals surface area (Å²) in [5, 5.41) is 2.80. The van der Waals surface area contributed by atoms with Gasteiger partial charge in [0, 0.05) is 31.7 Å². The Morgan fingerprint density at radius 1 is 1.12 bits per heavy atom. The fourth-order valence-electron chi connectivity index (χ4n) is 2.07. The SMILES string of the molecule is CCOC(=O)c1ccc(NC(=O)N(C)CCc2ccncc2)cc1. The molecule has 6 nitrogen and oxygen atoms in total. The number of hydrogen-bond donors (Lipinski definition) is 1. The van der Waals surface area contributed by atoms with E-state index < -0.39 is 0 Å². The third-order valence-corrected chi connectivity index (χ3v) is 3.48. The average molecular weight is 327 g/mol. The molecule has 1 heterocycles. The van der Waals surface area contributed by atoms with E-state index in [9.17, 15) is 9.59 Å². The number of carbonyl (C=O) groups excluding carboxylic acids is 2. The van der Waals surface area contributed by atoms with Crippen LogP contribution in [-0.2, 0) is 11.2 Å². The summed E-state index contributed by atoms with van der Waals surface area (Å²) in [5.74, 6) is -0.371. The van der Waals surface area contributed by atoms with E-state index in [1.807, 2.05) is 12.1 Å². The van der Waals surface area contributed by atoms with Crippen LogP contribution in [-0.4, -0.2) is 42.1 Å². The standard InChI is InChI=1S/C18H21N3O3/c1-3-24-17(22)15-4-6-16(7-5-15)20-18(23)21(2)13-10-14-8-11-19-12-9-14/h4-9,11-12H,3,10,13H2,1-2H3,(H,20,23). The lowest BCUT2D eigenvalue weighted by atomic mass is 10.2. The molecule has 0 saturated heterocycles. The van der Waals surface area contributed by atoms with Gasteiger partial charge in [0.25, 0.3) is 0 Å². The number of nitrogens with zero attached hydrogens (tertiary/aromatic N) is 2. The Bertz CT molecular complexity index is 672. The first-order chi connectivity index (χ1) is 11.6. The van der Waals surface area contributed by atoms with Gasteiger partial charge in [-0.05, 0) is 55.3 Å². The van der Waals surface area contributed by atoms with E-state index in [1.54, 1.807) is 55.5 Å². The molecule has 0 aliphatic heterocycles. The van der Waals surface area contributed by atoms with Crippen molar-refractivity contribution in [2.45, 2.75) is 13.3 Å². The Labute approximate surface area is 141 Å². The van der Waals surface area contributed by atoms with Crippen LogP contribution in [0.25, 0.3) is 0 Å². The molecule has 0 aliphatic rings. The van der Waals surface area contributed by atoms with Crippen molar-refractivity contribution in [3.63, 3.8) is 0 Å². The average Bonchev–Trinajstić information content (AvgIpc) is 2.61. The van der Waals surface area contributed by atoms with Crippen molar-refractivity contribution < 1.29 is 14.3 Å². The molecule has 0 aliphatic carbocycles. The topological polar surface area (TPSA) is 71.5 Å². The van der Waals surface area contributed by atoms with Crippen LogP contribution < -0.4 is 5.32 Å². The minimum absolute atomic E-state index is 0.201. The molecule has 2 amide bonds. The van der Waals surface area contributed by atoms with Crippen molar-refractivity contribution in [1.82, 2.24) is 9.88 Å². The monoisotopic (exact) mass is 327 g/mol. The van der Waals surface area contributed by atoms with Crippen LogP contribution in [0.5, 0.6) is 0 Å². The molecule has 2 rings (SSSR count). The molecule has 126 valence electrons. The lowest BCUT2D eigenvalue weighted by molar-refractivity contribution is 0.0526. The van der Waals surface area contributed by atoms with Crippen molar-refractivity contribution in [3.8, 4) is 0 Å². The molecule has 1 aromatic heterocycles. The zero-order valence-corrected chi connectivity index (χ0v) is 13.9. The summed E-state index contributed by atoms with van der Waals surface area (Å²) in [4.78, 5) is 29.3. The number of amides is 2. The second kappa shape index (κ2) is 8.67. The summed E-state index contributed by atoms with van der Waals surface area (Å²) >= 11 is 0. The highest BCUT2D eigenvalue weighted by Crippen LogP contribution is 2.11. The number of ether oxygens (including phenoxy) is 1. The molecule has 1 N–H and O–H groups in total. The zero-order chi connectivity index (χ0) is 17.4. The summed E-state index contributed by atoms with van der Waals surface area (Å²) in [6.45, 7) is 2.69. The molecule has 0 unspecified atom stereocenters. The minimum Gasteiger partial charge on any atom is -0.462 e. The molecule has 0 fully saturated rings. The van der Waals surface area contributed by atoms with Gasteiger partial charge in [0.2, 0.25) is 0 Å². The maximum Gasteiger partial charge on any atom is 0.338 e. The normalized spacial score (nSPS) is 10.1. The van der Waals surface area contributed by atoms with Crippen LogP contribution in [0.3, 0.4) is 0 Å². The Kier molecular flexibility index (Phi) is 6.31.